The Kier molecular flexibility index (Phi) is 3.06. The molecule has 76 valence electrons. The van der Waals surface area contributed by atoms with Crippen molar-refractivity contribution in [1.82, 2.24) is 4.98 Å². The van der Waals surface area contributed by atoms with E-state index in [-0.39, 0.29) is 22.3 Å². The van der Waals surface area contributed by atoms with Gasteiger partial charge in [-0.3, -0.25) is 0 Å². The average Bonchev–Trinajstić information content (AvgIpc) is 2.02. The Balaban J connectivity index is 3.34. The van der Waals surface area contributed by atoms with Crippen molar-refractivity contribution < 1.29 is 14.3 Å². The van der Waals surface area contributed by atoms with Crippen LogP contribution in [0.25, 0.3) is 0 Å². The van der Waals surface area contributed by atoms with Crippen LogP contribution in [0.3, 0.4) is 0 Å². The van der Waals surface area contributed by atoms with E-state index in [2.05, 4.69) is 4.98 Å². The summed E-state index contributed by atoms with van der Waals surface area (Å²) in [7, 11) is 0. The van der Waals surface area contributed by atoms with E-state index in [1.807, 2.05) is 0 Å². The Morgan fingerprint density at radius 1 is 1.64 bits per heavy atom. The van der Waals surface area contributed by atoms with Crippen LogP contribution in [0.5, 0.6) is 0 Å². The van der Waals surface area contributed by atoms with Crippen LogP contribution < -0.4 is 0 Å². The Labute approximate surface area is 85.5 Å². The zero-order chi connectivity index (χ0) is 10.9. The maximum Gasteiger partial charge on any atom is 0.356 e. The fourth-order valence-electron chi connectivity index (χ4n) is 1.04. The van der Waals surface area contributed by atoms with Crippen molar-refractivity contribution in [2.24, 2.45) is 0 Å². The van der Waals surface area contributed by atoms with Gasteiger partial charge in [-0.15, -0.1) is 0 Å². The van der Waals surface area contributed by atoms with E-state index in [9.17, 15) is 9.18 Å². The number of pyridine rings is 1. The summed E-state index contributed by atoms with van der Waals surface area (Å²) in [5.74, 6) is -2.00. The van der Waals surface area contributed by atoms with E-state index >= 15 is 0 Å². The number of aromatic carboxylic acids is 1. The monoisotopic (exact) mass is 217 g/mol. The second-order valence-electron chi connectivity index (χ2n) is 3.15. The van der Waals surface area contributed by atoms with Crippen LogP contribution in [-0.4, -0.2) is 16.1 Å². The number of carbonyl (C=O) groups is 1. The third kappa shape index (κ3) is 2.01. The third-order valence-corrected chi connectivity index (χ3v) is 1.99. The van der Waals surface area contributed by atoms with Gasteiger partial charge in [0.15, 0.2) is 5.69 Å². The second kappa shape index (κ2) is 3.92. The SMILES string of the molecule is CC(C)c1nc(C(=O)O)c(Cl)cc1F. The molecule has 0 saturated carbocycles. The van der Waals surface area contributed by atoms with Crippen molar-refractivity contribution in [3.05, 3.63) is 28.3 Å². The van der Waals surface area contributed by atoms with Crippen molar-refractivity contribution in [2.75, 3.05) is 0 Å². The molecule has 0 unspecified atom stereocenters. The first-order valence-electron chi connectivity index (χ1n) is 4.02. The van der Waals surface area contributed by atoms with Gasteiger partial charge in [0.2, 0.25) is 0 Å². The largest absolute Gasteiger partial charge is 0.476 e. The lowest BCUT2D eigenvalue weighted by atomic mass is 10.1. The molecule has 0 saturated heterocycles. The summed E-state index contributed by atoms with van der Waals surface area (Å²) >= 11 is 5.52. The smallest absolute Gasteiger partial charge is 0.356 e. The zero-order valence-electron chi connectivity index (χ0n) is 7.71. The molecule has 0 fully saturated rings. The Morgan fingerprint density at radius 2 is 2.21 bits per heavy atom. The molecule has 0 aliphatic rings. The number of hydrogen-bond acceptors (Lipinski definition) is 2. The van der Waals surface area contributed by atoms with Gasteiger partial charge in [-0.1, -0.05) is 25.4 Å². The Bertz CT molecular complexity index is 379. The van der Waals surface area contributed by atoms with E-state index < -0.39 is 11.8 Å². The predicted molar refractivity (Wildman–Crippen MR) is 50.3 cm³/mol. The fourth-order valence-corrected chi connectivity index (χ4v) is 1.25. The zero-order valence-corrected chi connectivity index (χ0v) is 8.47. The van der Waals surface area contributed by atoms with Crippen molar-refractivity contribution in [1.29, 1.82) is 0 Å². The molecule has 0 bridgehead atoms. The first-order valence-corrected chi connectivity index (χ1v) is 4.40. The normalized spacial score (nSPS) is 10.6. The van der Waals surface area contributed by atoms with Crippen LogP contribution in [0.1, 0.15) is 35.9 Å². The van der Waals surface area contributed by atoms with Crippen molar-refractivity contribution >= 4 is 17.6 Å². The van der Waals surface area contributed by atoms with Crippen LogP contribution in [-0.2, 0) is 0 Å². The van der Waals surface area contributed by atoms with Gasteiger partial charge in [0.1, 0.15) is 5.82 Å². The number of rotatable bonds is 2. The molecule has 0 aliphatic carbocycles. The van der Waals surface area contributed by atoms with Crippen LogP contribution >= 0.6 is 11.6 Å². The van der Waals surface area contributed by atoms with E-state index in [0.717, 1.165) is 6.07 Å². The molecule has 0 spiro atoms. The standard InChI is InChI=1S/C9H9ClFNO2/c1-4(2)7-6(11)3-5(10)8(12-7)9(13)14/h3-4H,1-2H3,(H,13,14). The molecule has 0 amide bonds. The highest BCUT2D eigenvalue weighted by Gasteiger charge is 2.17. The molecule has 5 heteroatoms. The number of halogens is 2. The minimum Gasteiger partial charge on any atom is -0.476 e. The van der Waals surface area contributed by atoms with Gasteiger partial charge >= 0.3 is 5.97 Å². The lowest BCUT2D eigenvalue weighted by Crippen LogP contribution is -2.07. The minimum absolute atomic E-state index is 0.117. The summed E-state index contributed by atoms with van der Waals surface area (Å²) in [6.45, 7) is 3.45. The van der Waals surface area contributed by atoms with Gasteiger partial charge in [0, 0.05) is 0 Å². The molecule has 1 rings (SSSR count). The van der Waals surface area contributed by atoms with E-state index in [0.29, 0.717) is 0 Å². The summed E-state index contributed by atoms with van der Waals surface area (Å²) in [5, 5.41) is 8.51. The van der Waals surface area contributed by atoms with Gasteiger partial charge in [-0.25, -0.2) is 14.2 Å². The maximum absolute atomic E-state index is 13.2. The first kappa shape index (κ1) is 10.9. The minimum atomic E-state index is -1.25. The van der Waals surface area contributed by atoms with Crippen LogP contribution in [0.2, 0.25) is 5.02 Å². The van der Waals surface area contributed by atoms with Gasteiger partial charge < -0.3 is 5.11 Å². The molecule has 0 aromatic carbocycles. The van der Waals surface area contributed by atoms with Crippen LogP contribution in [0, 0.1) is 5.82 Å². The molecule has 14 heavy (non-hydrogen) atoms. The first-order chi connectivity index (χ1) is 6.43. The number of nitrogens with zero attached hydrogens (tertiary/aromatic N) is 1. The third-order valence-electron chi connectivity index (χ3n) is 1.71. The Hall–Kier alpha value is -1.16. The van der Waals surface area contributed by atoms with Crippen LogP contribution in [0.15, 0.2) is 6.07 Å². The highest BCUT2D eigenvalue weighted by Crippen LogP contribution is 2.22. The molecular formula is C9H9ClFNO2. The van der Waals surface area contributed by atoms with E-state index in [4.69, 9.17) is 16.7 Å². The molecule has 0 atom stereocenters. The molecule has 1 heterocycles. The summed E-state index contributed by atoms with van der Waals surface area (Å²) < 4.78 is 13.2. The molecule has 1 aromatic rings. The molecule has 1 N–H and O–H groups in total. The summed E-state index contributed by atoms with van der Waals surface area (Å²) in [5.41, 5.74) is -0.191. The predicted octanol–water partition coefficient (Wildman–Crippen LogP) is 2.70. The Morgan fingerprint density at radius 3 is 2.64 bits per heavy atom. The van der Waals surface area contributed by atoms with Gasteiger partial charge in [0.25, 0.3) is 0 Å². The maximum atomic E-state index is 13.2. The highest BCUT2D eigenvalue weighted by atomic mass is 35.5. The lowest BCUT2D eigenvalue weighted by Gasteiger charge is -2.07. The number of carboxylic acids is 1. The van der Waals surface area contributed by atoms with Gasteiger partial charge in [-0.05, 0) is 12.0 Å². The molecule has 1 aromatic heterocycles. The van der Waals surface area contributed by atoms with Crippen molar-refractivity contribution in [2.45, 2.75) is 19.8 Å². The van der Waals surface area contributed by atoms with Crippen molar-refractivity contribution in [3.63, 3.8) is 0 Å². The molecule has 0 aliphatic heterocycles. The van der Waals surface area contributed by atoms with E-state index in [1.54, 1.807) is 13.8 Å². The highest BCUT2D eigenvalue weighted by molar-refractivity contribution is 6.33. The van der Waals surface area contributed by atoms with Gasteiger partial charge in [0.05, 0.1) is 10.7 Å². The summed E-state index contributed by atoms with van der Waals surface area (Å²) in [6.07, 6.45) is 0. The topological polar surface area (TPSA) is 50.2 Å². The molecule has 0 radical (unpaired) electrons. The summed E-state index contributed by atoms with van der Waals surface area (Å²) in [6, 6.07) is 0.980. The average molecular weight is 218 g/mol. The fraction of sp³-hybridized carbons (Fsp3) is 0.333. The van der Waals surface area contributed by atoms with Gasteiger partial charge in [-0.2, -0.15) is 0 Å². The molecular weight excluding hydrogens is 209 g/mol. The number of carboxylic acid groups (broad SMARTS) is 1. The number of aromatic nitrogens is 1. The van der Waals surface area contributed by atoms with Crippen LogP contribution in [0.4, 0.5) is 4.39 Å². The number of hydrogen-bond donors (Lipinski definition) is 1. The van der Waals surface area contributed by atoms with E-state index in [1.165, 1.54) is 0 Å². The lowest BCUT2D eigenvalue weighted by molar-refractivity contribution is 0.0690. The second-order valence-corrected chi connectivity index (χ2v) is 3.55. The summed E-state index contributed by atoms with van der Waals surface area (Å²) in [4.78, 5) is 14.3. The quantitative estimate of drug-likeness (QED) is 0.829. The molecule has 3 nitrogen and oxygen atoms in total. The van der Waals surface area contributed by atoms with Crippen molar-refractivity contribution in [3.8, 4) is 0 Å².